The number of rotatable bonds is 12. The topological polar surface area (TPSA) is 114 Å². The second-order valence-corrected chi connectivity index (χ2v) is 14.3. The summed E-state index contributed by atoms with van der Waals surface area (Å²) in [5.41, 5.74) is 5.22. The highest BCUT2D eigenvalue weighted by Crippen LogP contribution is 2.49. The van der Waals surface area contributed by atoms with Crippen LogP contribution in [0.3, 0.4) is 0 Å². The van der Waals surface area contributed by atoms with Crippen molar-refractivity contribution < 1.29 is 39.4 Å². The van der Waals surface area contributed by atoms with Gasteiger partial charge >= 0.3 is 0 Å². The molecule has 0 amide bonds. The quantitative estimate of drug-likeness (QED) is 0.126. The molecule has 2 unspecified atom stereocenters. The summed E-state index contributed by atoms with van der Waals surface area (Å²) < 4.78 is 79.5. The Morgan fingerprint density at radius 2 is 0.978 bits per heavy atom. The Kier molecular flexibility index (Phi) is 8.98. The number of hydrogen-bond acceptors (Lipinski definition) is 9. The number of fused-ring (bicyclic) bond motifs is 6. The van der Waals surface area contributed by atoms with Crippen molar-refractivity contribution in [3.63, 3.8) is 0 Å². The Labute approximate surface area is 263 Å². The first-order valence-electron chi connectivity index (χ1n) is 14.8. The molecule has 6 rings (SSSR count). The molecule has 0 radical (unpaired) electrons. The molecule has 2 bridgehead atoms. The second kappa shape index (κ2) is 12.9. The van der Waals surface area contributed by atoms with Crippen LogP contribution in [0.25, 0.3) is 0 Å². The number of ether oxygens (including phenoxy) is 3. The maximum Gasteiger partial charge on any atom is 0.296 e. The molecule has 2 heterocycles. The molecule has 9 nitrogen and oxygen atoms in total. The molecule has 0 saturated carbocycles. The van der Waals surface area contributed by atoms with Crippen molar-refractivity contribution in [1.29, 1.82) is 0 Å². The van der Waals surface area contributed by atoms with Gasteiger partial charge in [-0.05, 0) is 87.1 Å². The van der Waals surface area contributed by atoms with Crippen molar-refractivity contribution in [3.8, 4) is 11.5 Å². The molecule has 2 aliphatic rings. The fourth-order valence-corrected chi connectivity index (χ4v) is 7.21. The molecular weight excluding hydrogens is 616 g/mol. The first-order chi connectivity index (χ1) is 21.6. The minimum absolute atomic E-state index is 0.0297. The van der Waals surface area contributed by atoms with Gasteiger partial charge in [0, 0.05) is 0 Å². The van der Waals surface area contributed by atoms with Gasteiger partial charge in [-0.2, -0.15) is 16.8 Å². The third-order valence-corrected chi connectivity index (χ3v) is 10.4. The van der Waals surface area contributed by atoms with Crippen LogP contribution in [0.2, 0.25) is 0 Å². The zero-order chi connectivity index (χ0) is 31.6. The summed E-state index contributed by atoms with van der Waals surface area (Å²) in [5, 5.41) is 0. The van der Waals surface area contributed by atoms with Crippen molar-refractivity contribution in [2.45, 2.75) is 61.9 Å². The molecule has 236 valence electrons. The van der Waals surface area contributed by atoms with Crippen molar-refractivity contribution in [2.75, 3.05) is 13.2 Å². The SMILES string of the molecule is Cc1ccc(S(=O)(=O)OCCCc2cccc3c2OC2OC3Oc3c(CCCOS(=O)(=O)c4ccc(C)cc4)cccc32)cc1. The molecule has 2 aliphatic heterocycles. The van der Waals surface area contributed by atoms with E-state index in [1.54, 1.807) is 48.5 Å². The monoisotopic (exact) mass is 650 g/mol. The van der Waals surface area contributed by atoms with Gasteiger partial charge in [0.05, 0.1) is 34.1 Å². The average molecular weight is 651 g/mol. The Balaban J connectivity index is 1.08. The van der Waals surface area contributed by atoms with E-state index in [1.165, 1.54) is 0 Å². The zero-order valence-electron chi connectivity index (χ0n) is 25.0. The lowest BCUT2D eigenvalue weighted by atomic mass is 9.99. The third kappa shape index (κ3) is 6.92. The van der Waals surface area contributed by atoms with E-state index in [4.69, 9.17) is 22.6 Å². The van der Waals surface area contributed by atoms with Gasteiger partial charge in [0.2, 0.25) is 12.6 Å². The Bertz CT molecular complexity index is 1750. The lowest BCUT2D eigenvalue weighted by molar-refractivity contribution is -0.228. The maximum absolute atomic E-state index is 12.5. The minimum Gasteiger partial charge on any atom is -0.459 e. The average Bonchev–Trinajstić information content (AvgIpc) is 3.02. The molecule has 11 heteroatoms. The summed E-state index contributed by atoms with van der Waals surface area (Å²) in [6.45, 7) is 3.84. The molecule has 0 aliphatic carbocycles. The van der Waals surface area contributed by atoms with Crippen LogP contribution in [0.1, 0.15) is 58.8 Å². The Morgan fingerprint density at radius 1 is 0.578 bits per heavy atom. The summed E-state index contributed by atoms with van der Waals surface area (Å²) in [5.74, 6) is 1.32. The predicted molar refractivity (Wildman–Crippen MR) is 166 cm³/mol. The number of para-hydroxylation sites is 2. The van der Waals surface area contributed by atoms with E-state index in [2.05, 4.69) is 0 Å². The highest BCUT2D eigenvalue weighted by atomic mass is 32.2. The van der Waals surface area contributed by atoms with Gasteiger partial charge in [0.15, 0.2) is 0 Å². The molecule has 0 saturated heterocycles. The standard InChI is InChI=1S/C34H34O9S2/c1-23-13-17-27(18-14-23)44(35,36)39-21-5-9-25-7-3-11-29-31(25)41-34-30-12-4-8-26(32(30)42-33(29)43-34)10-6-22-40-45(37,38)28-19-15-24(2)16-20-28/h3-4,7-8,11-20,33-34H,5-6,9-10,21-22H2,1-2H3. The van der Waals surface area contributed by atoms with Crippen LogP contribution < -0.4 is 9.47 Å². The largest absolute Gasteiger partial charge is 0.459 e. The van der Waals surface area contributed by atoms with E-state index in [1.807, 2.05) is 50.2 Å². The lowest BCUT2D eigenvalue weighted by Crippen LogP contribution is -2.31. The van der Waals surface area contributed by atoms with Crippen LogP contribution in [-0.4, -0.2) is 30.0 Å². The van der Waals surface area contributed by atoms with Gasteiger partial charge in [-0.15, -0.1) is 0 Å². The Morgan fingerprint density at radius 3 is 1.38 bits per heavy atom. The summed E-state index contributed by atoms with van der Waals surface area (Å²) >= 11 is 0. The predicted octanol–water partition coefficient (Wildman–Crippen LogP) is 6.48. The van der Waals surface area contributed by atoms with Crippen LogP contribution in [-0.2, 0) is 46.2 Å². The molecule has 4 aromatic carbocycles. The van der Waals surface area contributed by atoms with E-state index in [9.17, 15) is 16.8 Å². The fourth-order valence-electron chi connectivity index (χ4n) is 5.33. The first kappa shape index (κ1) is 31.3. The fraction of sp³-hybridized carbons (Fsp3) is 0.294. The first-order valence-corrected chi connectivity index (χ1v) is 17.6. The van der Waals surface area contributed by atoms with Crippen molar-refractivity contribution in [2.24, 2.45) is 0 Å². The van der Waals surface area contributed by atoms with Crippen LogP contribution in [0.5, 0.6) is 11.5 Å². The van der Waals surface area contributed by atoms with Crippen LogP contribution in [0.4, 0.5) is 0 Å². The molecule has 45 heavy (non-hydrogen) atoms. The second-order valence-electron chi connectivity index (χ2n) is 11.1. The van der Waals surface area contributed by atoms with Gasteiger partial charge in [-0.1, -0.05) is 59.7 Å². The lowest BCUT2D eigenvalue weighted by Gasteiger charge is -2.39. The normalized spacial score (nSPS) is 17.1. The van der Waals surface area contributed by atoms with E-state index in [0.717, 1.165) is 33.4 Å². The highest BCUT2D eigenvalue weighted by molar-refractivity contribution is 7.87. The molecule has 2 atom stereocenters. The molecule has 0 spiro atoms. The van der Waals surface area contributed by atoms with Gasteiger partial charge in [-0.25, -0.2) is 0 Å². The third-order valence-electron chi connectivity index (χ3n) is 7.74. The number of aryl methyl sites for hydroxylation is 4. The molecule has 4 aromatic rings. The zero-order valence-corrected chi connectivity index (χ0v) is 26.6. The van der Waals surface area contributed by atoms with Crippen LogP contribution >= 0.6 is 0 Å². The van der Waals surface area contributed by atoms with Crippen molar-refractivity contribution in [3.05, 3.63) is 118 Å². The summed E-state index contributed by atoms with van der Waals surface area (Å²) in [6.07, 6.45) is 0.608. The molecular formula is C34H34O9S2. The number of benzene rings is 4. The van der Waals surface area contributed by atoms with Gasteiger partial charge in [-0.3, -0.25) is 13.1 Å². The molecule has 0 aromatic heterocycles. The summed E-state index contributed by atoms with van der Waals surface area (Å²) in [6, 6.07) is 24.5. The van der Waals surface area contributed by atoms with Gasteiger partial charge in [0.25, 0.3) is 20.2 Å². The van der Waals surface area contributed by atoms with Crippen molar-refractivity contribution in [1.82, 2.24) is 0 Å². The summed E-state index contributed by atoms with van der Waals surface area (Å²) in [7, 11) is -7.68. The van der Waals surface area contributed by atoms with Crippen LogP contribution in [0, 0.1) is 13.8 Å². The van der Waals surface area contributed by atoms with Crippen LogP contribution in [0.15, 0.2) is 94.7 Å². The Hall–Kier alpha value is -3.74. The summed E-state index contributed by atoms with van der Waals surface area (Å²) in [4.78, 5) is 0.266. The minimum atomic E-state index is -3.84. The van der Waals surface area contributed by atoms with Gasteiger partial charge < -0.3 is 9.47 Å². The van der Waals surface area contributed by atoms with Crippen molar-refractivity contribution >= 4 is 20.2 Å². The van der Waals surface area contributed by atoms with E-state index >= 15 is 0 Å². The maximum atomic E-state index is 12.5. The van der Waals surface area contributed by atoms with E-state index in [-0.39, 0.29) is 23.0 Å². The van der Waals surface area contributed by atoms with E-state index in [0.29, 0.717) is 37.2 Å². The highest BCUT2D eigenvalue weighted by Gasteiger charge is 2.39. The smallest absolute Gasteiger partial charge is 0.296 e. The number of hydrogen-bond donors (Lipinski definition) is 0. The van der Waals surface area contributed by atoms with Gasteiger partial charge in [0.1, 0.15) is 11.5 Å². The molecule has 0 N–H and O–H groups in total. The molecule has 0 fully saturated rings. The van der Waals surface area contributed by atoms with E-state index < -0.39 is 32.8 Å².